The lowest BCUT2D eigenvalue weighted by Gasteiger charge is -2.31. The van der Waals surface area contributed by atoms with Gasteiger partial charge in [-0.05, 0) is 41.5 Å². The SMILES string of the molecule is N#Cc1ccc(O)c(-c2nc(NCC3c4cccc3c4)c3ccccc3n2)c1. The maximum Gasteiger partial charge on any atom is 0.165 e. The van der Waals surface area contributed by atoms with Crippen LogP contribution in [-0.4, -0.2) is 21.6 Å². The van der Waals surface area contributed by atoms with Crippen LogP contribution in [0.25, 0.3) is 22.3 Å². The van der Waals surface area contributed by atoms with Crippen LogP contribution in [-0.2, 0) is 0 Å². The first kappa shape index (κ1) is 16.3. The number of phenols is 1. The highest BCUT2D eigenvalue weighted by Crippen LogP contribution is 2.37. The number of aromatic nitrogens is 2. The Morgan fingerprint density at radius 2 is 2.00 bits per heavy atom. The van der Waals surface area contributed by atoms with Crippen molar-refractivity contribution in [3.8, 4) is 23.2 Å². The van der Waals surface area contributed by atoms with Crippen molar-refractivity contribution >= 4 is 16.7 Å². The molecule has 0 spiro atoms. The second-order valence-corrected chi connectivity index (χ2v) is 6.86. The summed E-state index contributed by atoms with van der Waals surface area (Å²) in [5, 5.41) is 23.9. The number of rotatable bonds is 4. The van der Waals surface area contributed by atoms with Crippen LogP contribution in [0.1, 0.15) is 5.56 Å². The van der Waals surface area contributed by atoms with E-state index in [1.807, 2.05) is 24.3 Å². The molecule has 2 bridgehead atoms. The first-order valence-corrected chi connectivity index (χ1v) is 9.07. The Balaban J connectivity index is 1.55. The third kappa shape index (κ3) is 2.63. The fourth-order valence-corrected chi connectivity index (χ4v) is 3.64. The monoisotopic (exact) mass is 364 g/mol. The van der Waals surface area contributed by atoms with Gasteiger partial charge in [-0.1, -0.05) is 36.4 Å². The number of benzene rings is 2. The smallest absolute Gasteiger partial charge is 0.165 e. The predicted molar refractivity (Wildman–Crippen MR) is 109 cm³/mol. The first-order chi connectivity index (χ1) is 13.7. The molecule has 2 aliphatic carbocycles. The van der Waals surface area contributed by atoms with Gasteiger partial charge in [0.15, 0.2) is 5.82 Å². The summed E-state index contributed by atoms with van der Waals surface area (Å²) in [6.45, 7) is 0.743. The maximum absolute atomic E-state index is 10.3. The number of allylic oxidation sites excluding steroid dienone is 4. The molecule has 5 heteroatoms. The molecule has 5 nitrogen and oxygen atoms in total. The van der Waals surface area contributed by atoms with E-state index in [1.165, 1.54) is 17.2 Å². The number of aromatic hydroxyl groups is 1. The van der Waals surface area contributed by atoms with Crippen LogP contribution >= 0.6 is 0 Å². The highest BCUT2D eigenvalue weighted by Gasteiger charge is 2.26. The second kappa shape index (κ2) is 6.36. The Kier molecular flexibility index (Phi) is 3.70. The van der Waals surface area contributed by atoms with Crippen molar-refractivity contribution in [2.45, 2.75) is 0 Å². The number of para-hydroxylation sites is 1. The summed E-state index contributed by atoms with van der Waals surface area (Å²) in [5.74, 6) is 1.53. The molecule has 0 amide bonds. The minimum absolute atomic E-state index is 0.0502. The van der Waals surface area contributed by atoms with Gasteiger partial charge in [-0.2, -0.15) is 5.26 Å². The zero-order valence-electron chi connectivity index (χ0n) is 14.9. The molecule has 1 heterocycles. The Morgan fingerprint density at radius 3 is 2.79 bits per heavy atom. The number of nitrogens with one attached hydrogen (secondary N) is 1. The summed E-state index contributed by atoms with van der Waals surface area (Å²) < 4.78 is 0. The summed E-state index contributed by atoms with van der Waals surface area (Å²) >= 11 is 0. The van der Waals surface area contributed by atoms with Crippen LogP contribution in [0, 0.1) is 17.2 Å². The number of anilines is 1. The fraction of sp³-hybridized carbons (Fsp3) is 0.0870. The summed E-state index contributed by atoms with van der Waals surface area (Å²) in [6, 6.07) is 14.6. The van der Waals surface area contributed by atoms with Gasteiger partial charge in [-0.25, -0.2) is 9.97 Å². The summed E-state index contributed by atoms with van der Waals surface area (Å²) in [6.07, 6.45) is 8.54. The van der Waals surface area contributed by atoms with Crippen LogP contribution in [0.5, 0.6) is 5.75 Å². The van der Waals surface area contributed by atoms with E-state index in [4.69, 9.17) is 0 Å². The number of fused-ring (bicyclic) bond motifs is 3. The quantitative estimate of drug-likeness (QED) is 0.720. The lowest BCUT2D eigenvalue weighted by molar-refractivity contribution is 0.477. The van der Waals surface area contributed by atoms with Gasteiger partial charge >= 0.3 is 0 Å². The molecule has 2 aliphatic rings. The van der Waals surface area contributed by atoms with Crippen LogP contribution in [0.4, 0.5) is 5.82 Å². The van der Waals surface area contributed by atoms with Crippen molar-refractivity contribution in [3.05, 3.63) is 83.5 Å². The Hall–Kier alpha value is -3.91. The number of hydrogen-bond acceptors (Lipinski definition) is 5. The molecule has 2 N–H and O–H groups in total. The second-order valence-electron chi connectivity index (χ2n) is 6.86. The van der Waals surface area contributed by atoms with Gasteiger partial charge in [0.2, 0.25) is 0 Å². The van der Waals surface area contributed by atoms with E-state index >= 15 is 0 Å². The van der Waals surface area contributed by atoms with E-state index < -0.39 is 0 Å². The number of nitrogens with zero attached hydrogens (tertiary/aromatic N) is 3. The van der Waals surface area contributed by atoms with Crippen molar-refractivity contribution in [3.63, 3.8) is 0 Å². The van der Waals surface area contributed by atoms with E-state index in [1.54, 1.807) is 12.1 Å². The lowest BCUT2D eigenvalue weighted by Crippen LogP contribution is -2.25. The van der Waals surface area contributed by atoms with Gasteiger partial charge in [0.05, 0.1) is 22.7 Å². The molecule has 0 saturated heterocycles. The molecule has 0 radical (unpaired) electrons. The standard InChI is InChI=1S/C23H16N4O/c24-12-14-8-9-21(28)18(10-14)23-26-20-7-2-1-6-17(20)22(27-23)25-13-19-15-4-3-5-16(19)11-15/h1-11,19,28H,13H2,(H,25,26,27). The Morgan fingerprint density at radius 1 is 1.11 bits per heavy atom. The third-order valence-electron chi connectivity index (χ3n) is 5.16. The molecule has 28 heavy (non-hydrogen) atoms. The van der Waals surface area contributed by atoms with E-state index in [-0.39, 0.29) is 5.75 Å². The van der Waals surface area contributed by atoms with E-state index in [9.17, 15) is 10.4 Å². The van der Waals surface area contributed by atoms with Crippen LogP contribution in [0.2, 0.25) is 0 Å². The maximum atomic E-state index is 10.3. The first-order valence-electron chi connectivity index (χ1n) is 9.07. The molecule has 1 unspecified atom stereocenters. The van der Waals surface area contributed by atoms with E-state index in [2.05, 4.69) is 45.7 Å². The van der Waals surface area contributed by atoms with Gasteiger partial charge < -0.3 is 10.4 Å². The zero-order chi connectivity index (χ0) is 19.1. The molecule has 5 rings (SSSR count). The Labute approximate surface area is 162 Å². The van der Waals surface area contributed by atoms with Gasteiger partial charge in [0, 0.05) is 17.8 Å². The van der Waals surface area contributed by atoms with E-state index in [0.29, 0.717) is 22.9 Å². The highest BCUT2D eigenvalue weighted by atomic mass is 16.3. The molecular weight excluding hydrogens is 348 g/mol. The van der Waals surface area contributed by atoms with Gasteiger partial charge in [-0.15, -0.1) is 0 Å². The largest absolute Gasteiger partial charge is 0.507 e. The normalized spacial score (nSPS) is 16.8. The van der Waals surface area contributed by atoms with Crippen molar-refractivity contribution in [2.75, 3.05) is 11.9 Å². The number of hydrogen-bond donors (Lipinski definition) is 2. The minimum atomic E-state index is 0.0502. The van der Waals surface area contributed by atoms with Gasteiger partial charge in [0.25, 0.3) is 0 Å². The van der Waals surface area contributed by atoms with Crippen molar-refractivity contribution in [1.82, 2.24) is 9.97 Å². The van der Waals surface area contributed by atoms with Crippen LogP contribution in [0.15, 0.2) is 77.9 Å². The lowest BCUT2D eigenvalue weighted by atomic mass is 9.76. The van der Waals surface area contributed by atoms with E-state index in [0.717, 1.165) is 23.3 Å². The highest BCUT2D eigenvalue weighted by molar-refractivity contribution is 5.91. The summed E-state index contributed by atoms with van der Waals surface area (Å²) in [5.41, 5.74) is 4.32. The average Bonchev–Trinajstić information content (AvgIpc) is 2.74. The van der Waals surface area contributed by atoms with Crippen molar-refractivity contribution in [2.24, 2.45) is 5.92 Å². The molecule has 1 aromatic heterocycles. The molecule has 0 fully saturated rings. The minimum Gasteiger partial charge on any atom is -0.507 e. The van der Waals surface area contributed by atoms with Gasteiger partial charge in [0.1, 0.15) is 11.6 Å². The molecule has 0 saturated carbocycles. The predicted octanol–water partition coefficient (Wildman–Crippen LogP) is 4.34. The molecule has 134 valence electrons. The van der Waals surface area contributed by atoms with Crippen LogP contribution in [0.3, 0.4) is 0 Å². The summed E-state index contributed by atoms with van der Waals surface area (Å²) in [4.78, 5) is 9.29. The molecule has 1 atom stereocenters. The molecular formula is C23H16N4O. The van der Waals surface area contributed by atoms with Crippen LogP contribution < -0.4 is 5.32 Å². The van der Waals surface area contributed by atoms with Crippen molar-refractivity contribution in [1.29, 1.82) is 5.26 Å². The molecule has 0 aliphatic heterocycles. The fourth-order valence-electron chi connectivity index (χ4n) is 3.64. The molecule has 2 aromatic carbocycles. The number of nitriles is 1. The summed E-state index contributed by atoms with van der Waals surface area (Å²) in [7, 11) is 0. The molecule has 3 aromatic rings. The average molecular weight is 364 g/mol. The number of phenolic OH excluding ortho intramolecular Hbond substituents is 1. The third-order valence-corrected chi connectivity index (χ3v) is 5.16. The zero-order valence-corrected chi connectivity index (χ0v) is 14.9. The Bertz CT molecular complexity index is 1240. The van der Waals surface area contributed by atoms with Crippen molar-refractivity contribution < 1.29 is 5.11 Å². The van der Waals surface area contributed by atoms with Gasteiger partial charge in [-0.3, -0.25) is 0 Å². The topological polar surface area (TPSA) is 81.8 Å².